The fourth-order valence-corrected chi connectivity index (χ4v) is 2.90. The van der Waals surface area contributed by atoms with Crippen LogP contribution in [0, 0.1) is 13.8 Å². The second-order valence-electron chi connectivity index (χ2n) is 4.36. The molecule has 3 aromatic rings. The molecule has 0 saturated carbocycles. The monoisotopic (exact) mass is 258 g/mol. The SMILES string of the molecule is COc1ccc(C)cc1-c1cn2c(C)csc2n1. The van der Waals surface area contributed by atoms with Gasteiger partial charge in [-0.15, -0.1) is 11.3 Å². The first-order valence-electron chi connectivity index (χ1n) is 5.77. The summed E-state index contributed by atoms with van der Waals surface area (Å²) in [6.07, 6.45) is 2.07. The molecule has 0 aliphatic heterocycles. The van der Waals surface area contributed by atoms with Gasteiger partial charge in [-0.05, 0) is 26.0 Å². The predicted octanol–water partition coefficient (Wildman–Crippen LogP) is 3.69. The molecule has 0 bridgehead atoms. The first-order chi connectivity index (χ1) is 8.69. The number of ether oxygens (including phenoxy) is 1. The summed E-state index contributed by atoms with van der Waals surface area (Å²) in [7, 11) is 1.69. The van der Waals surface area contributed by atoms with Crippen molar-refractivity contribution < 1.29 is 4.74 Å². The Morgan fingerprint density at radius 2 is 2.11 bits per heavy atom. The molecule has 0 radical (unpaired) electrons. The van der Waals surface area contributed by atoms with Crippen molar-refractivity contribution in [2.45, 2.75) is 13.8 Å². The van der Waals surface area contributed by atoms with Crippen molar-refractivity contribution in [3.63, 3.8) is 0 Å². The molecule has 0 N–H and O–H groups in total. The first-order valence-corrected chi connectivity index (χ1v) is 6.65. The molecule has 1 aromatic carbocycles. The molecule has 0 aliphatic carbocycles. The van der Waals surface area contributed by atoms with Gasteiger partial charge in [-0.1, -0.05) is 11.6 Å². The summed E-state index contributed by atoms with van der Waals surface area (Å²) < 4.78 is 7.52. The van der Waals surface area contributed by atoms with Crippen LogP contribution in [0.5, 0.6) is 5.75 Å². The minimum Gasteiger partial charge on any atom is -0.496 e. The quantitative estimate of drug-likeness (QED) is 0.701. The van der Waals surface area contributed by atoms with E-state index in [9.17, 15) is 0 Å². The van der Waals surface area contributed by atoms with Crippen LogP contribution in [0.1, 0.15) is 11.3 Å². The lowest BCUT2D eigenvalue weighted by Gasteiger charge is -2.06. The average molecular weight is 258 g/mol. The highest BCUT2D eigenvalue weighted by molar-refractivity contribution is 7.15. The molecule has 0 spiro atoms. The van der Waals surface area contributed by atoms with Gasteiger partial charge in [0.15, 0.2) is 4.96 Å². The van der Waals surface area contributed by atoms with Crippen molar-refractivity contribution in [2.24, 2.45) is 0 Å². The van der Waals surface area contributed by atoms with Crippen LogP contribution in [0.15, 0.2) is 29.8 Å². The molecule has 92 valence electrons. The number of aryl methyl sites for hydroxylation is 2. The van der Waals surface area contributed by atoms with E-state index in [0.717, 1.165) is 22.0 Å². The first kappa shape index (κ1) is 11.3. The highest BCUT2D eigenvalue weighted by Gasteiger charge is 2.11. The molecule has 3 nitrogen and oxygen atoms in total. The van der Waals surface area contributed by atoms with Gasteiger partial charge in [0.2, 0.25) is 0 Å². The lowest BCUT2D eigenvalue weighted by Crippen LogP contribution is -1.89. The number of rotatable bonds is 2. The summed E-state index contributed by atoms with van der Waals surface area (Å²) in [4.78, 5) is 5.67. The summed E-state index contributed by atoms with van der Waals surface area (Å²) in [6, 6.07) is 6.15. The van der Waals surface area contributed by atoms with Crippen LogP contribution < -0.4 is 4.74 Å². The number of methoxy groups -OCH3 is 1. The molecule has 0 saturated heterocycles. The van der Waals surface area contributed by atoms with E-state index < -0.39 is 0 Å². The van der Waals surface area contributed by atoms with Crippen LogP contribution in [-0.2, 0) is 0 Å². The standard InChI is InChI=1S/C14H14N2OS/c1-9-4-5-13(17-3)11(6-9)12-7-16-10(2)8-18-14(16)15-12/h4-8H,1-3H3. The Hall–Kier alpha value is -1.81. The van der Waals surface area contributed by atoms with Gasteiger partial charge in [0.1, 0.15) is 5.75 Å². The maximum Gasteiger partial charge on any atom is 0.194 e. The van der Waals surface area contributed by atoms with Crippen LogP contribution in [0.3, 0.4) is 0 Å². The van der Waals surface area contributed by atoms with Crippen molar-refractivity contribution in [3.05, 3.63) is 41.0 Å². The fourth-order valence-electron chi connectivity index (χ4n) is 2.05. The van der Waals surface area contributed by atoms with E-state index in [-0.39, 0.29) is 0 Å². The van der Waals surface area contributed by atoms with Crippen molar-refractivity contribution >= 4 is 16.3 Å². The number of imidazole rings is 1. The number of fused-ring (bicyclic) bond motifs is 1. The van der Waals surface area contributed by atoms with Crippen LogP contribution in [-0.4, -0.2) is 16.5 Å². The molecule has 0 aliphatic rings. The summed E-state index contributed by atoms with van der Waals surface area (Å²) >= 11 is 1.66. The van der Waals surface area contributed by atoms with Gasteiger partial charge in [0.25, 0.3) is 0 Å². The highest BCUT2D eigenvalue weighted by Crippen LogP contribution is 2.31. The molecular weight excluding hydrogens is 244 g/mol. The minimum absolute atomic E-state index is 0.865. The molecule has 2 aromatic heterocycles. The Bertz CT molecular complexity index is 712. The fraction of sp³-hybridized carbons (Fsp3) is 0.214. The van der Waals surface area contributed by atoms with Gasteiger partial charge in [-0.3, -0.25) is 4.40 Å². The number of hydrogen-bond acceptors (Lipinski definition) is 3. The van der Waals surface area contributed by atoms with E-state index in [1.165, 1.54) is 11.3 Å². The number of hydrogen-bond donors (Lipinski definition) is 0. The summed E-state index contributed by atoms with van der Waals surface area (Å²) in [5, 5.41) is 2.11. The third kappa shape index (κ3) is 1.69. The second-order valence-corrected chi connectivity index (χ2v) is 5.20. The topological polar surface area (TPSA) is 26.5 Å². The van der Waals surface area contributed by atoms with Gasteiger partial charge < -0.3 is 4.74 Å². The Morgan fingerprint density at radius 1 is 1.28 bits per heavy atom. The normalized spacial score (nSPS) is 11.1. The lowest BCUT2D eigenvalue weighted by molar-refractivity contribution is 0.416. The highest BCUT2D eigenvalue weighted by atomic mass is 32.1. The van der Waals surface area contributed by atoms with E-state index in [4.69, 9.17) is 4.74 Å². The molecule has 18 heavy (non-hydrogen) atoms. The maximum absolute atomic E-state index is 5.41. The van der Waals surface area contributed by atoms with Crippen molar-refractivity contribution in [1.29, 1.82) is 0 Å². The van der Waals surface area contributed by atoms with E-state index >= 15 is 0 Å². The number of aromatic nitrogens is 2. The van der Waals surface area contributed by atoms with Gasteiger partial charge in [-0.25, -0.2) is 4.98 Å². The van der Waals surface area contributed by atoms with E-state index in [0.29, 0.717) is 0 Å². The van der Waals surface area contributed by atoms with Gasteiger partial charge >= 0.3 is 0 Å². The van der Waals surface area contributed by atoms with Crippen LogP contribution in [0.25, 0.3) is 16.2 Å². The van der Waals surface area contributed by atoms with Crippen molar-refractivity contribution in [3.8, 4) is 17.0 Å². The zero-order valence-corrected chi connectivity index (χ0v) is 11.4. The lowest BCUT2D eigenvalue weighted by atomic mass is 10.1. The zero-order chi connectivity index (χ0) is 12.7. The minimum atomic E-state index is 0.865. The van der Waals surface area contributed by atoms with Crippen molar-refractivity contribution in [2.75, 3.05) is 7.11 Å². The number of thiazole rings is 1. The zero-order valence-electron chi connectivity index (χ0n) is 10.6. The Labute approximate surface area is 110 Å². The van der Waals surface area contributed by atoms with Crippen LogP contribution in [0.4, 0.5) is 0 Å². The van der Waals surface area contributed by atoms with E-state index in [1.807, 2.05) is 12.1 Å². The Kier molecular flexibility index (Phi) is 2.59. The Balaban J connectivity index is 2.21. The number of nitrogens with zero attached hydrogens (tertiary/aromatic N) is 2. The summed E-state index contributed by atoms with van der Waals surface area (Å²) in [5.74, 6) is 0.865. The maximum atomic E-state index is 5.41. The average Bonchev–Trinajstić information content (AvgIpc) is 2.92. The van der Waals surface area contributed by atoms with Gasteiger partial charge in [0.05, 0.1) is 12.8 Å². The van der Waals surface area contributed by atoms with E-state index in [2.05, 4.69) is 40.9 Å². The predicted molar refractivity (Wildman–Crippen MR) is 74.5 cm³/mol. The Morgan fingerprint density at radius 3 is 2.83 bits per heavy atom. The molecule has 3 rings (SSSR count). The van der Waals surface area contributed by atoms with Gasteiger partial charge in [0, 0.05) is 22.8 Å². The van der Waals surface area contributed by atoms with Crippen LogP contribution >= 0.6 is 11.3 Å². The third-order valence-electron chi connectivity index (χ3n) is 3.02. The molecule has 0 atom stereocenters. The molecule has 4 heteroatoms. The molecule has 0 fully saturated rings. The molecule has 0 amide bonds. The second kappa shape index (κ2) is 4.14. The number of benzene rings is 1. The van der Waals surface area contributed by atoms with Crippen LogP contribution in [0.2, 0.25) is 0 Å². The largest absolute Gasteiger partial charge is 0.496 e. The smallest absolute Gasteiger partial charge is 0.194 e. The molecule has 0 unspecified atom stereocenters. The molecular formula is C14H14N2OS. The van der Waals surface area contributed by atoms with Gasteiger partial charge in [-0.2, -0.15) is 0 Å². The third-order valence-corrected chi connectivity index (χ3v) is 3.98. The summed E-state index contributed by atoms with van der Waals surface area (Å²) in [5.41, 5.74) is 4.43. The molecule has 2 heterocycles. The summed E-state index contributed by atoms with van der Waals surface area (Å²) in [6.45, 7) is 4.16. The van der Waals surface area contributed by atoms with Crippen molar-refractivity contribution in [1.82, 2.24) is 9.38 Å². The van der Waals surface area contributed by atoms with E-state index in [1.54, 1.807) is 18.4 Å².